The van der Waals surface area contributed by atoms with Crippen molar-refractivity contribution in [3.05, 3.63) is 29.0 Å². The van der Waals surface area contributed by atoms with Crippen LogP contribution in [-0.2, 0) is 6.54 Å². The van der Waals surface area contributed by atoms with E-state index in [4.69, 9.17) is 17.3 Å². The van der Waals surface area contributed by atoms with Gasteiger partial charge in [-0.2, -0.15) is 0 Å². The molecule has 1 atom stereocenters. The fourth-order valence-electron chi connectivity index (χ4n) is 1.81. The number of benzene rings is 1. The summed E-state index contributed by atoms with van der Waals surface area (Å²) in [5, 5.41) is 10.4. The zero-order valence-electron chi connectivity index (χ0n) is 9.02. The molecule has 0 aliphatic carbocycles. The highest BCUT2D eigenvalue weighted by atomic mass is 35.5. The summed E-state index contributed by atoms with van der Waals surface area (Å²) >= 11 is 5.90. The van der Waals surface area contributed by atoms with E-state index < -0.39 is 6.10 Å². The van der Waals surface area contributed by atoms with Gasteiger partial charge in [0.2, 0.25) is 0 Å². The number of rotatable bonds is 3. The minimum absolute atomic E-state index is 0.164. The van der Waals surface area contributed by atoms with Crippen LogP contribution in [-0.4, -0.2) is 21.2 Å². The van der Waals surface area contributed by atoms with Crippen molar-refractivity contribution in [1.82, 2.24) is 9.55 Å². The van der Waals surface area contributed by atoms with Gasteiger partial charge in [0, 0.05) is 18.1 Å². The van der Waals surface area contributed by atoms with Crippen LogP contribution in [0.2, 0.25) is 5.02 Å². The first kappa shape index (κ1) is 11.4. The molecular weight excluding hydrogens is 226 g/mol. The largest absolute Gasteiger partial charge is 0.384 e. The highest BCUT2D eigenvalue weighted by molar-refractivity contribution is 6.31. The maximum Gasteiger partial charge on any atom is 0.140 e. The number of aliphatic hydroxyl groups excluding tert-OH is 1. The molecule has 86 valence electrons. The molecule has 0 aliphatic heterocycles. The number of hydrogen-bond acceptors (Lipinski definition) is 3. The van der Waals surface area contributed by atoms with Crippen molar-refractivity contribution in [1.29, 1.82) is 0 Å². The standard InChI is InChI=1S/C11H14ClN3O/c1-2-15-9-4-3-7(12)5-8(9)14-11(15)10(16)6-13/h3-5,10,16H,2,6,13H2,1H3. The van der Waals surface area contributed by atoms with Gasteiger partial charge in [-0.05, 0) is 25.1 Å². The van der Waals surface area contributed by atoms with Crippen LogP contribution in [0.25, 0.3) is 11.0 Å². The summed E-state index contributed by atoms with van der Waals surface area (Å²) in [6.07, 6.45) is -0.730. The molecule has 3 N–H and O–H groups in total. The Balaban J connectivity index is 2.65. The normalized spacial score (nSPS) is 13.2. The van der Waals surface area contributed by atoms with Gasteiger partial charge in [0.1, 0.15) is 11.9 Å². The van der Waals surface area contributed by atoms with Gasteiger partial charge in [0.25, 0.3) is 0 Å². The van der Waals surface area contributed by atoms with E-state index >= 15 is 0 Å². The summed E-state index contributed by atoms with van der Waals surface area (Å²) in [6, 6.07) is 5.51. The smallest absolute Gasteiger partial charge is 0.140 e. The fourth-order valence-corrected chi connectivity index (χ4v) is 1.98. The summed E-state index contributed by atoms with van der Waals surface area (Å²) < 4.78 is 1.95. The molecule has 0 amide bonds. The Kier molecular flexibility index (Phi) is 3.14. The average molecular weight is 240 g/mol. The second-order valence-corrected chi connectivity index (χ2v) is 4.04. The van der Waals surface area contributed by atoms with Crippen molar-refractivity contribution in [3.8, 4) is 0 Å². The average Bonchev–Trinajstić information content (AvgIpc) is 2.65. The number of halogens is 1. The van der Waals surface area contributed by atoms with Crippen LogP contribution in [0, 0.1) is 0 Å². The van der Waals surface area contributed by atoms with Gasteiger partial charge in [-0.25, -0.2) is 4.98 Å². The van der Waals surface area contributed by atoms with Crippen LogP contribution in [0.4, 0.5) is 0 Å². The number of nitrogens with two attached hydrogens (primary N) is 1. The Morgan fingerprint density at radius 3 is 2.94 bits per heavy atom. The lowest BCUT2D eigenvalue weighted by Gasteiger charge is -2.09. The van der Waals surface area contributed by atoms with E-state index in [-0.39, 0.29) is 6.54 Å². The molecule has 16 heavy (non-hydrogen) atoms. The Bertz CT molecular complexity index is 509. The van der Waals surface area contributed by atoms with Crippen molar-refractivity contribution in [2.75, 3.05) is 6.54 Å². The third-order valence-electron chi connectivity index (χ3n) is 2.58. The van der Waals surface area contributed by atoms with Crippen LogP contribution in [0.1, 0.15) is 18.9 Å². The molecule has 2 rings (SSSR count). The lowest BCUT2D eigenvalue weighted by molar-refractivity contribution is 0.172. The lowest BCUT2D eigenvalue weighted by atomic mass is 10.3. The molecule has 0 saturated carbocycles. The van der Waals surface area contributed by atoms with Crippen molar-refractivity contribution in [2.24, 2.45) is 5.73 Å². The molecule has 0 aliphatic rings. The van der Waals surface area contributed by atoms with Gasteiger partial charge < -0.3 is 15.4 Å². The molecule has 4 nitrogen and oxygen atoms in total. The number of aliphatic hydroxyl groups is 1. The van der Waals surface area contributed by atoms with E-state index in [0.29, 0.717) is 10.8 Å². The molecular formula is C11H14ClN3O. The first-order chi connectivity index (χ1) is 7.67. The first-order valence-electron chi connectivity index (χ1n) is 5.21. The van der Waals surface area contributed by atoms with Gasteiger partial charge in [-0.1, -0.05) is 11.6 Å². The quantitative estimate of drug-likeness (QED) is 0.857. The Labute approximate surface area is 98.6 Å². The number of aryl methyl sites for hydroxylation is 1. The number of hydrogen-bond donors (Lipinski definition) is 2. The Morgan fingerprint density at radius 2 is 2.31 bits per heavy atom. The van der Waals surface area contributed by atoms with E-state index in [2.05, 4.69) is 4.98 Å². The third kappa shape index (κ3) is 1.80. The van der Waals surface area contributed by atoms with E-state index in [1.54, 1.807) is 6.07 Å². The second kappa shape index (κ2) is 4.41. The van der Waals surface area contributed by atoms with Gasteiger partial charge in [-0.15, -0.1) is 0 Å². The fraction of sp³-hybridized carbons (Fsp3) is 0.364. The molecule has 0 radical (unpaired) electrons. The minimum Gasteiger partial charge on any atom is -0.384 e. The molecule has 1 aromatic heterocycles. The van der Waals surface area contributed by atoms with Gasteiger partial charge in [0.15, 0.2) is 0 Å². The summed E-state index contributed by atoms with van der Waals surface area (Å²) in [6.45, 7) is 2.91. The van der Waals surface area contributed by atoms with Crippen LogP contribution < -0.4 is 5.73 Å². The maximum absolute atomic E-state index is 9.77. The van der Waals surface area contributed by atoms with Crippen molar-refractivity contribution in [3.63, 3.8) is 0 Å². The monoisotopic (exact) mass is 239 g/mol. The van der Waals surface area contributed by atoms with E-state index in [1.807, 2.05) is 23.6 Å². The van der Waals surface area contributed by atoms with E-state index in [0.717, 1.165) is 17.6 Å². The molecule has 0 saturated heterocycles. The summed E-state index contributed by atoms with van der Waals surface area (Å²) in [5.41, 5.74) is 7.21. The molecule has 0 bridgehead atoms. The second-order valence-electron chi connectivity index (χ2n) is 3.60. The molecule has 2 aromatic rings. The predicted octanol–water partition coefficient (Wildman–Crippen LogP) is 1.70. The van der Waals surface area contributed by atoms with Gasteiger partial charge in [0.05, 0.1) is 11.0 Å². The number of aromatic nitrogens is 2. The summed E-state index contributed by atoms with van der Waals surface area (Å²) in [4.78, 5) is 4.36. The number of fused-ring (bicyclic) bond motifs is 1. The molecule has 1 unspecified atom stereocenters. The highest BCUT2D eigenvalue weighted by Gasteiger charge is 2.15. The van der Waals surface area contributed by atoms with Gasteiger partial charge >= 0.3 is 0 Å². The van der Waals surface area contributed by atoms with E-state index in [1.165, 1.54) is 0 Å². The van der Waals surface area contributed by atoms with Crippen LogP contribution in [0.3, 0.4) is 0 Å². The van der Waals surface area contributed by atoms with E-state index in [9.17, 15) is 5.11 Å². The van der Waals surface area contributed by atoms with Crippen LogP contribution in [0.15, 0.2) is 18.2 Å². The first-order valence-corrected chi connectivity index (χ1v) is 5.59. The molecule has 0 spiro atoms. The van der Waals surface area contributed by atoms with Crippen molar-refractivity contribution in [2.45, 2.75) is 19.6 Å². The van der Waals surface area contributed by atoms with Crippen molar-refractivity contribution >= 4 is 22.6 Å². The van der Waals surface area contributed by atoms with Gasteiger partial charge in [-0.3, -0.25) is 0 Å². The summed E-state index contributed by atoms with van der Waals surface area (Å²) in [7, 11) is 0. The van der Waals surface area contributed by atoms with Crippen LogP contribution in [0.5, 0.6) is 0 Å². The topological polar surface area (TPSA) is 64.1 Å². The minimum atomic E-state index is -0.730. The number of nitrogens with zero attached hydrogens (tertiary/aromatic N) is 2. The highest BCUT2D eigenvalue weighted by Crippen LogP contribution is 2.23. The molecule has 1 aromatic carbocycles. The summed E-state index contributed by atoms with van der Waals surface area (Å²) in [5.74, 6) is 0.599. The molecule has 1 heterocycles. The Hall–Kier alpha value is -1.10. The maximum atomic E-state index is 9.77. The molecule has 5 heteroatoms. The number of imidazole rings is 1. The lowest BCUT2D eigenvalue weighted by Crippen LogP contribution is -2.16. The predicted molar refractivity (Wildman–Crippen MR) is 64.4 cm³/mol. The molecule has 0 fully saturated rings. The van der Waals surface area contributed by atoms with Crippen LogP contribution >= 0.6 is 11.6 Å². The Morgan fingerprint density at radius 1 is 1.56 bits per heavy atom. The zero-order valence-corrected chi connectivity index (χ0v) is 9.78. The zero-order chi connectivity index (χ0) is 11.7. The third-order valence-corrected chi connectivity index (χ3v) is 2.81. The van der Waals surface area contributed by atoms with Crippen molar-refractivity contribution < 1.29 is 5.11 Å². The SMILES string of the molecule is CCn1c(C(O)CN)nc2cc(Cl)ccc21.